The average molecular weight is 435 g/mol. The van der Waals surface area contributed by atoms with Crippen molar-refractivity contribution in [1.29, 1.82) is 0 Å². The van der Waals surface area contributed by atoms with Crippen LogP contribution in [-0.2, 0) is 21.4 Å². The molecule has 0 unspecified atom stereocenters. The van der Waals surface area contributed by atoms with E-state index in [4.69, 9.17) is 4.52 Å². The number of hydrogen-bond acceptors (Lipinski definition) is 6. The van der Waals surface area contributed by atoms with Crippen molar-refractivity contribution in [1.82, 2.24) is 19.3 Å². The Balaban J connectivity index is 1.58. The van der Waals surface area contributed by atoms with Crippen LogP contribution in [0.15, 0.2) is 33.7 Å². The van der Waals surface area contributed by atoms with Crippen LogP contribution in [0.2, 0.25) is 0 Å². The van der Waals surface area contributed by atoms with Gasteiger partial charge in [-0.2, -0.15) is 4.31 Å². The number of rotatable bonds is 7. The van der Waals surface area contributed by atoms with Gasteiger partial charge in [0.05, 0.1) is 6.54 Å². The highest BCUT2D eigenvalue weighted by atomic mass is 32.2. The Bertz CT molecular complexity index is 975. The van der Waals surface area contributed by atoms with Crippen LogP contribution < -0.4 is 0 Å². The zero-order valence-corrected chi connectivity index (χ0v) is 18.9. The summed E-state index contributed by atoms with van der Waals surface area (Å²) in [5.74, 6) is 0.319. The Morgan fingerprint density at radius 3 is 2.43 bits per heavy atom. The van der Waals surface area contributed by atoms with E-state index in [0.29, 0.717) is 37.6 Å². The standard InChI is InChI=1S/C21H30N4O4S/c1-5-23(14-19-8-6-7-16(2)13-19)15-20(26)24-9-11-25(12-10-24)30(27,28)21-17(3)22-29-18(21)4/h6-8,13H,5,9-12,14-15H2,1-4H3. The largest absolute Gasteiger partial charge is 0.360 e. The van der Waals surface area contributed by atoms with Crippen LogP contribution in [0.4, 0.5) is 0 Å². The highest BCUT2D eigenvalue weighted by molar-refractivity contribution is 7.89. The maximum absolute atomic E-state index is 12.9. The van der Waals surface area contributed by atoms with Crippen molar-refractivity contribution in [2.45, 2.75) is 39.1 Å². The molecule has 1 amide bonds. The minimum absolute atomic E-state index is 0.0267. The molecule has 8 nitrogen and oxygen atoms in total. The molecule has 1 fully saturated rings. The fourth-order valence-corrected chi connectivity index (χ4v) is 5.50. The molecule has 2 heterocycles. The van der Waals surface area contributed by atoms with E-state index < -0.39 is 10.0 Å². The molecule has 9 heteroatoms. The number of benzene rings is 1. The molecular formula is C21H30N4O4S. The van der Waals surface area contributed by atoms with Crippen LogP contribution in [0.25, 0.3) is 0 Å². The molecule has 1 aliphatic heterocycles. The average Bonchev–Trinajstić information content (AvgIpc) is 3.06. The van der Waals surface area contributed by atoms with Crippen molar-refractivity contribution in [2.24, 2.45) is 0 Å². The van der Waals surface area contributed by atoms with Gasteiger partial charge in [0, 0.05) is 32.7 Å². The molecule has 1 aromatic heterocycles. The summed E-state index contributed by atoms with van der Waals surface area (Å²) in [5.41, 5.74) is 2.74. The van der Waals surface area contributed by atoms with Gasteiger partial charge in [-0.25, -0.2) is 8.42 Å². The van der Waals surface area contributed by atoms with E-state index in [2.05, 4.69) is 35.2 Å². The number of aromatic nitrogens is 1. The van der Waals surface area contributed by atoms with Crippen molar-refractivity contribution < 1.29 is 17.7 Å². The second-order valence-corrected chi connectivity index (χ2v) is 9.61. The lowest BCUT2D eigenvalue weighted by Gasteiger charge is -2.35. The monoisotopic (exact) mass is 434 g/mol. The summed E-state index contributed by atoms with van der Waals surface area (Å²) in [5, 5.41) is 3.75. The minimum atomic E-state index is -3.67. The molecule has 0 atom stereocenters. The molecule has 0 aliphatic carbocycles. The third kappa shape index (κ3) is 4.91. The molecule has 3 rings (SSSR count). The molecule has 0 N–H and O–H groups in total. The molecule has 0 spiro atoms. The molecule has 1 aliphatic rings. The van der Waals surface area contributed by atoms with Gasteiger partial charge in [0.25, 0.3) is 0 Å². The summed E-state index contributed by atoms with van der Waals surface area (Å²) < 4.78 is 32.3. The Morgan fingerprint density at radius 2 is 1.87 bits per heavy atom. The summed E-state index contributed by atoms with van der Waals surface area (Å²) in [6.07, 6.45) is 0. The maximum Gasteiger partial charge on any atom is 0.248 e. The lowest BCUT2D eigenvalue weighted by Crippen LogP contribution is -2.52. The van der Waals surface area contributed by atoms with Gasteiger partial charge in [0.2, 0.25) is 15.9 Å². The summed E-state index contributed by atoms with van der Waals surface area (Å²) in [7, 11) is -3.67. The van der Waals surface area contributed by atoms with Crippen molar-refractivity contribution in [3.05, 3.63) is 46.8 Å². The Morgan fingerprint density at radius 1 is 1.17 bits per heavy atom. The van der Waals surface area contributed by atoms with Crippen LogP contribution in [0, 0.1) is 20.8 Å². The highest BCUT2D eigenvalue weighted by Gasteiger charge is 2.34. The molecule has 1 saturated heterocycles. The summed E-state index contributed by atoms with van der Waals surface area (Å²) in [4.78, 5) is 16.8. The zero-order valence-electron chi connectivity index (χ0n) is 18.1. The minimum Gasteiger partial charge on any atom is -0.360 e. The normalized spacial score (nSPS) is 15.7. The first kappa shape index (κ1) is 22.5. The number of carbonyl (C=O) groups is 1. The Kier molecular flexibility index (Phi) is 6.95. The molecule has 164 valence electrons. The van der Waals surface area contributed by atoms with Gasteiger partial charge < -0.3 is 9.42 Å². The second-order valence-electron chi connectivity index (χ2n) is 7.73. The number of carbonyl (C=O) groups excluding carboxylic acids is 1. The first-order chi connectivity index (χ1) is 14.2. The van der Waals surface area contributed by atoms with Gasteiger partial charge in [-0.15, -0.1) is 0 Å². The van der Waals surface area contributed by atoms with E-state index in [1.165, 1.54) is 15.4 Å². The van der Waals surface area contributed by atoms with E-state index in [0.717, 1.165) is 6.54 Å². The molecule has 0 radical (unpaired) electrons. The summed E-state index contributed by atoms with van der Waals surface area (Å²) >= 11 is 0. The van der Waals surface area contributed by atoms with Gasteiger partial charge in [0.1, 0.15) is 10.6 Å². The van der Waals surface area contributed by atoms with Crippen molar-refractivity contribution >= 4 is 15.9 Å². The lowest BCUT2D eigenvalue weighted by molar-refractivity contribution is -0.133. The number of hydrogen-bond donors (Lipinski definition) is 0. The SMILES string of the molecule is CCN(CC(=O)N1CCN(S(=O)(=O)c2c(C)noc2C)CC1)Cc1cccc(C)c1. The van der Waals surface area contributed by atoms with Crippen LogP contribution in [0.1, 0.15) is 29.5 Å². The third-order valence-corrected chi connectivity index (χ3v) is 7.60. The first-order valence-electron chi connectivity index (χ1n) is 10.2. The highest BCUT2D eigenvalue weighted by Crippen LogP contribution is 2.24. The van der Waals surface area contributed by atoms with Gasteiger partial charge in [0.15, 0.2) is 5.76 Å². The summed E-state index contributed by atoms with van der Waals surface area (Å²) in [6, 6.07) is 8.28. The fraction of sp³-hybridized carbons (Fsp3) is 0.524. The number of piperazine rings is 1. The molecule has 0 saturated carbocycles. The summed E-state index contributed by atoms with van der Waals surface area (Å²) in [6.45, 7) is 10.4. The number of nitrogens with zero attached hydrogens (tertiary/aromatic N) is 4. The van der Waals surface area contributed by atoms with Gasteiger partial charge >= 0.3 is 0 Å². The van der Waals surface area contributed by atoms with Crippen molar-refractivity contribution in [2.75, 3.05) is 39.3 Å². The van der Waals surface area contributed by atoms with E-state index in [1.54, 1.807) is 18.7 Å². The van der Waals surface area contributed by atoms with E-state index in [-0.39, 0.29) is 23.9 Å². The van der Waals surface area contributed by atoms with E-state index >= 15 is 0 Å². The lowest BCUT2D eigenvalue weighted by atomic mass is 10.1. The van der Waals surface area contributed by atoms with Crippen LogP contribution in [0.5, 0.6) is 0 Å². The number of likely N-dealkylation sites (N-methyl/N-ethyl adjacent to an activating group) is 1. The number of amides is 1. The van der Waals surface area contributed by atoms with Crippen LogP contribution >= 0.6 is 0 Å². The van der Waals surface area contributed by atoms with Crippen molar-refractivity contribution in [3.8, 4) is 0 Å². The van der Waals surface area contributed by atoms with Crippen molar-refractivity contribution in [3.63, 3.8) is 0 Å². The van der Waals surface area contributed by atoms with Gasteiger partial charge in [-0.1, -0.05) is 41.9 Å². The fourth-order valence-electron chi connectivity index (χ4n) is 3.79. The van der Waals surface area contributed by atoms with E-state index in [1.807, 2.05) is 13.0 Å². The van der Waals surface area contributed by atoms with Gasteiger partial charge in [-0.3, -0.25) is 9.69 Å². The molecule has 30 heavy (non-hydrogen) atoms. The zero-order chi connectivity index (χ0) is 21.9. The quantitative estimate of drug-likeness (QED) is 0.662. The topological polar surface area (TPSA) is 87.0 Å². The predicted molar refractivity (Wildman–Crippen MR) is 113 cm³/mol. The molecule has 0 bridgehead atoms. The van der Waals surface area contributed by atoms with Gasteiger partial charge in [-0.05, 0) is 32.9 Å². The molecule has 2 aromatic rings. The second kappa shape index (κ2) is 9.28. The number of sulfonamides is 1. The Labute approximate surface area is 178 Å². The van der Waals surface area contributed by atoms with Crippen LogP contribution in [0.3, 0.4) is 0 Å². The Hall–Kier alpha value is -2.23. The predicted octanol–water partition coefficient (Wildman–Crippen LogP) is 1.95. The third-order valence-electron chi connectivity index (χ3n) is 5.45. The molecule has 1 aromatic carbocycles. The maximum atomic E-state index is 12.9. The smallest absolute Gasteiger partial charge is 0.248 e. The van der Waals surface area contributed by atoms with E-state index in [9.17, 15) is 13.2 Å². The first-order valence-corrected chi connectivity index (χ1v) is 11.6. The number of aryl methyl sites for hydroxylation is 3. The van der Waals surface area contributed by atoms with Crippen LogP contribution in [-0.4, -0.2) is 72.9 Å². The molecular weight excluding hydrogens is 404 g/mol.